The monoisotopic (exact) mass is 400 g/mol. The van der Waals surface area contributed by atoms with Crippen molar-refractivity contribution in [2.24, 2.45) is 5.18 Å². The number of nitrogens with one attached hydrogen (secondary N) is 1. The van der Waals surface area contributed by atoms with Crippen molar-refractivity contribution in [1.29, 1.82) is 0 Å². The number of hydrogen-bond acceptors (Lipinski definition) is 8. The Kier molecular flexibility index (Phi) is 4.94. The third-order valence-corrected chi connectivity index (χ3v) is 4.88. The minimum absolute atomic E-state index is 0.0392. The van der Waals surface area contributed by atoms with Crippen LogP contribution in [0.3, 0.4) is 0 Å². The number of halogens is 2. The van der Waals surface area contributed by atoms with Crippen LogP contribution < -0.4 is 5.73 Å². The van der Waals surface area contributed by atoms with Gasteiger partial charge in [0.05, 0.1) is 6.33 Å². The molecule has 1 saturated heterocycles. The highest BCUT2D eigenvalue weighted by atomic mass is 35.5. The van der Waals surface area contributed by atoms with E-state index in [1.165, 1.54) is 17.8 Å². The number of nitrogens with two attached hydrogens (primary N) is 1. The minimum Gasteiger partial charge on any atom is -0.387 e. The van der Waals surface area contributed by atoms with Gasteiger partial charge in [0.1, 0.15) is 36.1 Å². The standard InChI is InChI=1S/C14H14ClFN6O3S/c1-6(21-24)8-9(23)14(15,3-2-4-16)12(25-8)22-5-18-7-10(22)19-13(17)20-11(7)26/h5-6,8-9,12,23H,4H2,1H3,(H3,17,19,20,26)/t6-,8-,9?,12-,14-/m1/s1. The molecule has 138 valence electrons. The van der Waals surface area contributed by atoms with Crippen LogP contribution in [0.2, 0.25) is 0 Å². The van der Waals surface area contributed by atoms with Crippen LogP contribution >= 0.6 is 23.8 Å². The van der Waals surface area contributed by atoms with E-state index in [-0.39, 0.29) is 10.6 Å². The minimum atomic E-state index is -1.75. The summed E-state index contributed by atoms with van der Waals surface area (Å²) >= 11 is 11.7. The maximum Gasteiger partial charge on any atom is 0.200 e. The van der Waals surface area contributed by atoms with Gasteiger partial charge in [-0.25, -0.2) is 14.4 Å². The second-order valence-electron chi connectivity index (χ2n) is 5.72. The van der Waals surface area contributed by atoms with Crippen LogP contribution in [-0.2, 0) is 4.74 Å². The Hall–Kier alpha value is -2.13. The quantitative estimate of drug-likeness (QED) is 0.307. The summed E-state index contributed by atoms with van der Waals surface area (Å²) in [5.74, 6) is 4.73. The maximum absolute atomic E-state index is 12.6. The molecular formula is C14H14ClFN6O3S. The molecule has 1 aliphatic rings. The van der Waals surface area contributed by atoms with Crippen molar-refractivity contribution >= 4 is 40.9 Å². The number of aliphatic hydroxyl groups excluding tert-OH is 1. The SMILES string of the molecule is C[C@@H](N=O)[C@H]1O[C@@H](n2cnc3c(=S)nc(N)[nH]c32)[C@@](Cl)(C#CCF)C1O. The maximum atomic E-state index is 12.6. The molecule has 0 aromatic carbocycles. The average Bonchev–Trinajstić information content (AvgIpc) is 3.13. The molecular weight excluding hydrogens is 387 g/mol. The number of alkyl halides is 2. The molecule has 0 bridgehead atoms. The molecule has 0 radical (unpaired) electrons. The first-order valence-electron chi connectivity index (χ1n) is 7.46. The number of hydrogen-bond donors (Lipinski definition) is 3. The largest absolute Gasteiger partial charge is 0.387 e. The van der Waals surface area contributed by atoms with Gasteiger partial charge >= 0.3 is 0 Å². The zero-order valence-electron chi connectivity index (χ0n) is 13.4. The lowest BCUT2D eigenvalue weighted by Crippen LogP contribution is -2.42. The molecule has 3 heterocycles. The van der Waals surface area contributed by atoms with Crippen LogP contribution in [0.1, 0.15) is 13.2 Å². The number of nitrogen functional groups attached to an aromatic ring is 1. The third-order valence-electron chi connectivity index (χ3n) is 4.09. The molecule has 26 heavy (non-hydrogen) atoms. The Morgan fingerprint density at radius 3 is 3.12 bits per heavy atom. The molecule has 0 amide bonds. The van der Waals surface area contributed by atoms with Crippen molar-refractivity contribution in [2.75, 3.05) is 12.4 Å². The summed E-state index contributed by atoms with van der Waals surface area (Å²) < 4.78 is 20.0. The number of aliphatic hydroxyl groups is 1. The van der Waals surface area contributed by atoms with Gasteiger partial charge < -0.3 is 20.6 Å². The number of nitrogens with zero attached hydrogens (tertiary/aromatic N) is 4. The Morgan fingerprint density at radius 1 is 1.73 bits per heavy atom. The summed E-state index contributed by atoms with van der Waals surface area (Å²) in [6, 6.07) is -0.916. The number of aromatic nitrogens is 4. The molecule has 1 unspecified atom stereocenters. The van der Waals surface area contributed by atoms with Crippen molar-refractivity contribution < 1.29 is 14.2 Å². The molecule has 9 nitrogen and oxygen atoms in total. The molecule has 5 atom stereocenters. The molecule has 2 aromatic heterocycles. The second-order valence-corrected chi connectivity index (χ2v) is 6.74. The van der Waals surface area contributed by atoms with Gasteiger partial charge in [-0.15, -0.1) is 0 Å². The second kappa shape index (κ2) is 6.88. The fourth-order valence-electron chi connectivity index (χ4n) is 2.85. The van der Waals surface area contributed by atoms with Crippen LogP contribution in [0.4, 0.5) is 10.3 Å². The van der Waals surface area contributed by atoms with E-state index in [1.807, 2.05) is 0 Å². The topological polar surface area (TPSA) is 131 Å². The summed E-state index contributed by atoms with van der Waals surface area (Å²) in [4.78, 5) is 20.0. The molecule has 0 aliphatic carbocycles. The number of rotatable bonds is 3. The van der Waals surface area contributed by atoms with E-state index in [0.717, 1.165) is 0 Å². The van der Waals surface area contributed by atoms with Crippen molar-refractivity contribution in [3.05, 3.63) is 15.9 Å². The van der Waals surface area contributed by atoms with Gasteiger partial charge in [0.15, 0.2) is 21.7 Å². The highest BCUT2D eigenvalue weighted by Gasteiger charge is 2.57. The van der Waals surface area contributed by atoms with E-state index in [1.54, 1.807) is 0 Å². The summed E-state index contributed by atoms with van der Waals surface area (Å²) in [6.45, 7) is 0.495. The highest BCUT2D eigenvalue weighted by molar-refractivity contribution is 7.71. The van der Waals surface area contributed by atoms with E-state index in [4.69, 9.17) is 34.3 Å². The number of H-pyrrole nitrogens is 1. The van der Waals surface area contributed by atoms with Gasteiger partial charge in [0, 0.05) is 0 Å². The molecule has 0 spiro atoms. The van der Waals surface area contributed by atoms with E-state index in [9.17, 15) is 14.4 Å². The number of anilines is 1. The highest BCUT2D eigenvalue weighted by Crippen LogP contribution is 2.45. The molecule has 2 aromatic rings. The first kappa shape index (κ1) is 18.7. The van der Waals surface area contributed by atoms with Crippen molar-refractivity contribution in [2.45, 2.75) is 36.3 Å². The predicted molar refractivity (Wildman–Crippen MR) is 94.6 cm³/mol. The normalized spacial score (nSPS) is 29.3. The lowest BCUT2D eigenvalue weighted by atomic mass is 9.96. The number of nitroso groups, excluding NO2 is 1. The molecule has 12 heteroatoms. The van der Waals surface area contributed by atoms with Crippen LogP contribution in [0, 0.1) is 21.4 Å². The van der Waals surface area contributed by atoms with Crippen LogP contribution in [0.5, 0.6) is 0 Å². The van der Waals surface area contributed by atoms with Crippen molar-refractivity contribution in [3.8, 4) is 11.8 Å². The van der Waals surface area contributed by atoms with Gasteiger partial charge in [-0.2, -0.15) is 4.91 Å². The molecule has 1 aliphatic heterocycles. The summed E-state index contributed by atoms with van der Waals surface area (Å²) in [6.07, 6.45) is -2.24. The number of fused-ring (bicyclic) bond motifs is 1. The van der Waals surface area contributed by atoms with E-state index in [2.05, 4.69) is 32.0 Å². The fourth-order valence-corrected chi connectivity index (χ4v) is 3.44. The zero-order valence-corrected chi connectivity index (χ0v) is 15.0. The van der Waals surface area contributed by atoms with E-state index >= 15 is 0 Å². The molecule has 0 saturated carbocycles. The predicted octanol–water partition coefficient (Wildman–Crippen LogP) is 1.43. The third kappa shape index (κ3) is 2.84. The summed E-state index contributed by atoms with van der Waals surface area (Å²) in [5, 5.41) is 13.5. The van der Waals surface area contributed by atoms with Crippen LogP contribution in [0.25, 0.3) is 11.2 Å². The Bertz CT molecular complexity index is 971. The zero-order chi connectivity index (χ0) is 19.1. The summed E-state index contributed by atoms with van der Waals surface area (Å²) in [7, 11) is 0. The van der Waals surface area contributed by atoms with Gasteiger partial charge in [-0.1, -0.05) is 40.8 Å². The van der Waals surface area contributed by atoms with E-state index in [0.29, 0.717) is 11.2 Å². The fraction of sp³-hybridized carbons (Fsp3) is 0.500. The molecule has 3 rings (SSSR count). The Balaban J connectivity index is 2.18. The van der Waals surface area contributed by atoms with Gasteiger partial charge in [0.25, 0.3) is 0 Å². The van der Waals surface area contributed by atoms with Gasteiger partial charge in [-0.3, -0.25) is 4.57 Å². The number of aromatic amines is 1. The Morgan fingerprint density at radius 2 is 2.46 bits per heavy atom. The van der Waals surface area contributed by atoms with E-state index < -0.39 is 36.0 Å². The van der Waals surface area contributed by atoms with Crippen molar-refractivity contribution in [3.63, 3.8) is 0 Å². The average molecular weight is 401 g/mol. The lowest BCUT2D eigenvalue weighted by Gasteiger charge is -2.25. The smallest absolute Gasteiger partial charge is 0.200 e. The summed E-state index contributed by atoms with van der Waals surface area (Å²) in [5.41, 5.74) is 6.35. The van der Waals surface area contributed by atoms with Crippen molar-refractivity contribution in [1.82, 2.24) is 19.5 Å². The van der Waals surface area contributed by atoms with Gasteiger partial charge in [0.2, 0.25) is 0 Å². The van der Waals surface area contributed by atoms with Crippen LogP contribution in [-0.4, -0.2) is 54.4 Å². The first-order chi connectivity index (χ1) is 12.3. The molecule has 1 fully saturated rings. The first-order valence-corrected chi connectivity index (χ1v) is 8.25. The molecule has 4 N–H and O–H groups in total. The number of imidazole rings is 1. The lowest BCUT2D eigenvalue weighted by molar-refractivity contribution is -0.0273. The Labute approximate surface area is 156 Å². The number of ether oxygens (including phenoxy) is 1. The van der Waals surface area contributed by atoms with Crippen LogP contribution in [0.15, 0.2) is 11.5 Å². The van der Waals surface area contributed by atoms with Gasteiger partial charge in [-0.05, 0) is 6.92 Å².